The number of aryl methyl sites for hydroxylation is 2. The van der Waals surface area contributed by atoms with E-state index in [1.165, 1.54) is 11.1 Å². The predicted octanol–water partition coefficient (Wildman–Crippen LogP) is 4.40. The van der Waals surface area contributed by atoms with Crippen LogP contribution in [0.3, 0.4) is 0 Å². The van der Waals surface area contributed by atoms with Crippen molar-refractivity contribution in [1.29, 1.82) is 0 Å². The van der Waals surface area contributed by atoms with E-state index in [4.69, 9.17) is 19.2 Å². The normalized spacial score (nSPS) is 15.2. The van der Waals surface area contributed by atoms with Gasteiger partial charge in [0.15, 0.2) is 11.5 Å². The zero-order chi connectivity index (χ0) is 26.4. The molecule has 3 aromatic rings. The van der Waals surface area contributed by atoms with Crippen LogP contribution in [0, 0.1) is 19.8 Å². The lowest BCUT2D eigenvalue weighted by atomic mass is 9.97. The summed E-state index contributed by atoms with van der Waals surface area (Å²) in [5.74, 6) is 2.78. The van der Waals surface area contributed by atoms with Crippen LogP contribution in [0.15, 0.2) is 42.6 Å². The third-order valence-corrected chi connectivity index (χ3v) is 6.43. The average molecular weight is 506 g/mol. The van der Waals surface area contributed by atoms with E-state index in [0.717, 1.165) is 30.8 Å². The maximum absolute atomic E-state index is 13.0. The monoisotopic (exact) mass is 505 g/mol. The largest absolute Gasteiger partial charge is 0.493 e. The second kappa shape index (κ2) is 11.8. The molecule has 9 nitrogen and oxygen atoms in total. The Morgan fingerprint density at radius 2 is 1.73 bits per heavy atom. The molecule has 1 amide bonds. The topological polar surface area (TPSA) is 97.8 Å². The van der Waals surface area contributed by atoms with Crippen LogP contribution in [0.5, 0.6) is 17.2 Å². The summed E-state index contributed by atoms with van der Waals surface area (Å²) in [5.41, 5.74) is 4.23. The Labute approximate surface area is 218 Å². The van der Waals surface area contributed by atoms with Gasteiger partial charge in [0.1, 0.15) is 5.82 Å². The number of nitrogens with one attached hydrogen (secondary N) is 2. The van der Waals surface area contributed by atoms with Gasteiger partial charge in [0.25, 0.3) is 0 Å². The minimum Gasteiger partial charge on any atom is -0.493 e. The van der Waals surface area contributed by atoms with Gasteiger partial charge in [-0.2, -0.15) is 4.98 Å². The van der Waals surface area contributed by atoms with Gasteiger partial charge in [0.2, 0.25) is 17.6 Å². The summed E-state index contributed by atoms with van der Waals surface area (Å²) >= 11 is 0. The first-order chi connectivity index (χ1) is 17.9. The molecule has 1 fully saturated rings. The Kier molecular flexibility index (Phi) is 8.32. The number of carbonyl (C=O) groups is 1. The second-order valence-electron chi connectivity index (χ2n) is 9.28. The number of ether oxygens (including phenoxy) is 3. The quantitative estimate of drug-likeness (QED) is 0.442. The van der Waals surface area contributed by atoms with E-state index in [0.29, 0.717) is 42.0 Å². The van der Waals surface area contributed by atoms with Crippen molar-refractivity contribution in [2.45, 2.75) is 33.2 Å². The lowest BCUT2D eigenvalue weighted by Crippen LogP contribution is -2.43. The number of aromatic nitrogens is 2. The summed E-state index contributed by atoms with van der Waals surface area (Å²) in [6, 6.07) is 11.8. The van der Waals surface area contributed by atoms with Crippen molar-refractivity contribution in [3.05, 3.63) is 59.3 Å². The molecule has 4 rings (SSSR count). The highest BCUT2D eigenvalue weighted by Crippen LogP contribution is 2.40. The number of carbonyl (C=O) groups excluding carboxylic acids is 1. The van der Waals surface area contributed by atoms with Gasteiger partial charge < -0.3 is 29.7 Å². The van der Waals surface area contributed by atoms with Crippen LogP contribution in [0.1, 0.15) is 29.5 Å². The number of hydrogen-bond donors (Lipinski definition) is 2. The first-order valence-electron chi connectivity index (χ1n) is 12.4. The van der Waals surface area contributed by atoms with Gasteiger partial charge >= 0.3 is 0 Å². The lowest BCUT2D eigenvalue weighted by molar-refractivity contribution is -0.125. The number of anilines is 3. The van der Waals surface area contributed by atoms with Crippen LogP contribution in [-0.2, 0) is 11.3 Å². The predicted molar refractivity (Wildman–Crippen MR) is 144 cm³/mol. The summed E-state index contributed by atoms with van der Waals surface area (Å²) in [5, 5.41) is 6.35. The molecule has 0 radical (unpaired) electrons. The third-order valence-electron chi connectivity index (χ3n) is 6.43. The number of methoxy groups -OCH3 is 3. The van der Waals surface area contributed by atoms with Gasteiger partial charge in [0, 0.05) is 43.7 Å². The molecule has 196 valence electrons. The van der Waals surface area contributed by atoms with Crippen LogP contribution in [0.25, 0.3) is 0 Å². The molecule has 0 saturated carbocycles. The molecule has 0 spiro atoms. The van der Waals surface area contributed by atoms with E-state index in [1.807, 2.05) is 6.07 Å². The van der Waals surface area contributed by atoms with Crippen molar-refractivity contribution in [2.75, 3.05) is 44.6 Å². The Balaban J connectivity index is 1.43. The van der Waals surface area contributed by atoms with Crippen LogP contribution in [-0.4, -0.2) is 50.3 Å². The molecule has 1 atom stereocenters. The zero-order valence-electron chi connectivity index (χ0n) is 22.1. The molecular formula is C28H35N5O4. The maximum Gasteiger partial charge on any atom is 0.229 e. The molecule has 9 heteroatoms. The lowest BCUT2D eigenvalue weighted by Gasteiger charge is -2.33. The Morgan fingerprint density at radius 3 is 2.38 bits per heavy atom. The highest BCUT2D eigenvalue weighted by atomic mass is 16.5. The van der Waals surface area contributed by atoms with Gasteiger partial charge in [-0.05, 0) is 38.3 Å². The number of piperidine rings is 1. The molecular weight excluding hydrogens is 470 g/mol. The fourth-order valence-corrected chi connectivity index (χ4v) is 4.77. The number of rotatable bonds is 9. The highest BCUT2D eigenvalue weighted by Gasteiger charge is 2.26. The average Bonchev–Trinajstić information content (AvgIpc) is 2.90. The standard InChI is InChI=1S/C28H35N5O4/c1-18-11-19(2)13-20(12-18)16-30-27(34)21-7-6-10-33(17-21)25-8-9-29-28(32-25)31-22-14-23(35-3)26(37-5)24(15-22)36-4/h8-9,11-15,21H,6-7,10,16-17H2,1-5H3,(H,30,34)(H,29,31,32)/t21-/m0/s1. The van der Waals surface area contributed by atoms with E-state index in [1.54, 1.807) is 39.7 Å². The van der Waals surface area contributed by atoms with Gasteiger partial charge in [-0.1, -0.05) is 29.3 Å². The van der Waals surface area contributed by atoms with Crippen molar-refractivity contribution >= 4 is 23.4 Å². The summed E-state index contributed by atoms with van der Waals surface area (Å²) in [6.07, 6.45) is 3.49. The zero-order valence-corrected chi connectivity index (χ0v) is 22.1. The molecule has 0 aliphatic carbocycles. The summed E-state index contributed by atoms with van der Waals surface area (Å²) in [4.78, 5) is 24.2. The summed E-state index contributed by atoms with van der Waals surface area (Å²) in [7, 11) is 4.71. The second-order valence-corrected chi connectivity index (χ2v) is 9.28. The molecule has 2 N–H and O–H groups in total. The Morgan fingerprint density at radius 1 is 1.03 bits per heavy atom. The van der Waals surface area contributed by atoms with E-state index >= 15 is 0 Å². The number of nitrogens with zero attached hydrogens (tertiary/aromatic N) is 3. The molecule has 0 unspecified atom stereocenters. The highest BCUT2D eigenvalue weighted by molar-refractivity contribution is 5.79. The van der Waals surface area contributed by atoms with Gasteiger partial charge in [-0.15, -0.1) is 0 Å². The molecule has 1 aliphatic rings. The summed E-state index contributed by atoms with van der Waals surface area (Å²) < 4.78 is 16.3. The van der Waals surface area contributed by atoms with Gasteiger partial charge in [0.05, 0.1) is 27.2 Å². The van der Waals surface area contributed by atoms with Crippen LogP contribution in [0.4, 0.5) is 17.5 Å². The molecule has 0 bridgehead atoms. The number of amides is 1. The van der Waals surface area contributed by atoms with Crippen LogP contribution >= 0.6 is 0 Å². The number of benzene rings is 2. The van der Waals surface area contributed by atoms with Crippen molar-refractivity contribution in [3.63, 3.8) is 0 Å². The fraction of sp³-hybridized carbons (Fsp3) is 0.393. The van der Waals surface area contributed by atoms with Gasteiger partial charge in [-0.3, -0.25) is 4.79 Å². The Bertz CT molecular complexity index is 1200. The molecule has 2 heterocycles. The van der Waals surface area contributed by atoms with Crippen molar-refractivity contribution in [3.8, 4) is 17.2 Å². The number of hydrogen-bond acceptors (Lipinski definition) is 8. The minimum absolute atomic E-state index is 0.0775. The first kappa shape index (κ1) is 26.1. The van der Waals surface area contributed by atoms with Crippen molar-refractivity contribution in [1.82, 2.24) is 15.3 Å². The summed E-state index contributed by atoms with van der Waals surface area (Å²) in [6.45, 7) is 6.13. The van der Waals surface area contributed by atoms with E-state index in [9.17, 15) is 4.79 Å². The van der Waals surface area contributed by atoms with Gasteiger partial charge in [-0.25, -0.2) is 4.98 Å². The van der Waals surface area contributed by atoms with E-state index in [-0.39, 0.29) is 11.8 Å². The minimum atomic E-state index is -0.0962. The molecule has 37 heavy (non-hydrogen) atoms. The molecule has 1 aromatic heterocycles. The maximum atomic E-state index is 13.0. The first-order valence-corrected chi connectivity index (χ1v) is 12.4. The van der Waals surface area contributed by atoms with Crippen molar-refractivity contribution < 1.29 is 19.0 Å². The Hall–Kier alpha value is -4.01. The molecule has 1 aliphatic heterocycles. The van der Waals surface area contributed by atoms with E-state index < -0.39 is 0 Å². The molecule has 2 aromatic carbocycles. The van der Waals surface area contributed by atoms with Crippen LogP contribution < -0.4 is 29.7 Å². The fourth-order valence-electron chi connectivity index (χ4n) is 4.77. The van der Waals surface area contributed by atoms with Crippen molar-refractivity contribution in [2.24, 2.45) is 5.92 Å². The SMILES string of the molecule is COc1cc(Nc2nccc(N3CCC[C@H](C(=O)NCc4cc(C)cc(C)c4)C3)n2)cc(OC)c1OC. The molecule has 1 saturated heterocycles. The third kappa shape index (κ3) is 6.41. The smallest absolute Gasteiger partial charge is 0.229 e. The van der Waals surface area contributed by atoms with E-state index in [2.05, 4.69) is 52.6 Å². The van der Waals surface area contributed by atoms with Crippen LogP contribution in [0.2, 0.25) is 0 Å².